The van der Waals surface area contributed by atoms with Crippen molar-refractivity contribution in [3.8, 4) is 5.75 Å². The summed E-state index contributed by atoms with van der Waals surface area (Å²) in [4.78, 5) is 0. The van der Waals surface area contributed by atoms with Crippen molar-refractivity contribution in [3.63, 3.8) is 0 Å². The highest BCUT2D eigenvalue weighted by Crippen LogP contribution is 2.42. The van der Waals surface area contributed by atoms with Crippen LogP contribution in [0.3, 0.4) is 0 Å². The zero-order valence-electron chi connectivity index (χ0n) is 16.6. The summed E-state index contributed by atoms with van der Waals surface area (Å²) in [5.74, 6) is 0.854. The van der Waals surface area contributed by atoms with Gasteiger partial charge in [0, 0.05) is 12.0 Å². The Morgan fingerprint density at radius 3 is 2.48 bits per heavy atom. The molecule has 0 amide bonds. The van der Waals surface area contributed by atoms with Crippen molar-refractivity contribution in [1.82, 2.24) is 0 Å². The average molecular weight is 409 g/mol. The molecule has 1 heterocycles. The van der Waals surface area contributed by atoms with Gasteiger partial charge < -0.3 is 14.2 Å². The average Bonchev–Trinajstić information content (AvgIpc) is 3.06. The van der Waals surface area contributed by atoms with Crippen LogP contribution in [0.2, 0.25) is 0 Å². The minimum Gasteiger partial charge on any atom is -0.496 e. The molecule has 0 saturated carbocycles. The van der Waals surface area contributed by atoms with E-state index in [2.05, 4.69) is 51.1 Å². The van der Waals surface area contributed by atoms with E-state index >= 15 is 0 Å². The smallest absolute Gasteiger partial charge is 0.125 e. The molecule has 0 bridgehead atoms. The molecule has 2 aromatic rings. The molecule has 0 radical (unpaired) electrons. The third kappa shape index (κ3) is 5.33. The number of ether oxygens (including phenoxy) is 3. The van der Waals surface area contributed by atoms with Gasteiger partial charge in [0.2, 0.25) is 0 Å². The molecular weight excluding hydrogens is 380 g/mol. The van der Waals surface area contributed by atoms with Gasteiger partial charge >= 0.3 is 0 Å². The van der Waals surface area contributed by atoms with Crippen LogP contribution in [-0.4, -0.2) is 37.8 Å². The topological polar surface area (TPSA) is 36.9 Å². The van der Waals surface area contributed by atoms with Crippen LogP contribution in [0.25, 0.3) is 10.8 Å². The van der Waals surface area contributed by atoms with E-state index in [4.69, 9.17) is 18.4 Å². The fourth-order valence-electron chi connectivity index (χ4n) is 3.25. The predicted octanol–water partition coefficient (Wildman–Crippen LogP) is 5.80. The third-order valence-corrected chi connectivity index (χ3v) is 5.66. The van der Waals surface area contributed by atoms with Crippen LogP contribution < -0.4 is 4.74 Å². The lowest BCUT2D eigenvalue weighted by Gasteiger charge is -2.24. The molecule has 148 valence electrons. The van der Waals surface area contributed by atoms with Gasteiger partial charge in [-0.2, -0.15) is 0 Å². The van der Waals surface area contributed by atoms with Gasteiger partial charge in [0.1, 0.15) is 18.0 Å². The highest BCUT2D eigenvalue weighted by Gasteiger charge is 2.39. The Kier molecular flexibility index (Phi) is 6.98. The summed E-state index contributed by atoms with van der Waals surface area (Å²) in [5, 5.41) is 2.34. The van der Waals surface area contributed by atoms with Crippen molar-refractivity contribution < 1.29 is 18.4 Å². The van der Waals surface area contributed by atoms with Crippen molar-refractivity contribution >= 4 is 32.6 Å². The molecule has 1 unspecified atom stereocenters. The van der Waals surface area contributed by atoms with E-state index < -0.39 is 0 Å². The summed E-state index contributed by atoms with van der Waals surface area (Å²) in [6.07, 6.45) is 2.58. The molecule has 0 spiro atoms. The Labute approximate surface area is 169 Å². The van der Waals surface area contributed by atoms with Crippen molar-refractivity contribution in [1.29, 1.82) is 0 Å². The summed E-state index contributed by atoms with van der Waals surface area (Å²) >= 11 is 1.40. The zero-order chi connectivity index (χ0) is 19.4. The summed E-state index contributed by atoms with van der Waals surface area (Å²) in [6, 6.07) is 12.6. The molecule has 1 fully saturated rings. The monoisotopic (exact) mass is 408 g/mol. The van der Waals surface area contributed by atoms with Gasteiger partial charge in [-0.15, -0.1) is 0 Å². The normalized spacial score (nSPS) is 23.1. The van der Waals surface area contributed by atoms with Gasteiger partial charge in [-0.3, -0.25) is 4.18 Å². The number of hydrogen-bond acceptors (Lipinski definition) is 6. The van der Waals surface area contributed by atoms with Crippen molar-refractivity contribution in [2.45, 2.75) is 51.1 Å². The van der Waals surface area contributed by atoms with Crippen LogP contribution in [0, 0.1) is 0 Å². The van der Waals surface area contributed by atoms with Crippen LogP contribution in [0.4, 0.5) is 0 Å². The molecule has 2 aromatic carbocycles. The van der Waals surface area contributed by atoms with Gasteiger partial charge in [-0.1, -0.05) is 35.1 Å². The number of fused-ring (bicyclic) bond motifs is 1. The van der Waals surface area contributed by atoms with Crippen LogP contribution in [-0.2, 0) is 13.7 Å². The molecular formula is C21H28O4S2. The van der Waals surface area contributed by atoms with Crippen LogP contribution in [0.5, 0.6) is 5.75 Å². The van der Waals surface area contributed by atoms with Gasteiger partial charge in [0.25, 0.3) is 0 Å². The standard InChI is InChI=1S/C21H28O4S2/c1-21(2,3)23-13-20-19(25-27-26-5)12-18(24-20)16-10-14-8-6-7-9-15(14)11-17(16)22-4/h6-11,18-20H,12-13H2,1-5H3/t18-,19?,20-/m1/s1. The van der Waals surface area contributed by atoms with E-state index in [1.807, 2.05) is 12.3 Å². The summed E-state index contributed by atoms with van der Waals surface area (Å²) in [5.41, 5.74) is 0.858. The second kappa shape index (κ2) is 9.05. The van der Waals surface area contributed by atoms with E-state index in [0.29, 0.717) is 6.61 Å². The van der Waals surface area contributed by atoms with Crippen LogP contribution in [0.1, 0.15) is 38.9 Å². The maximum absolute atomic E-state index is 6.39. The molecule has 1 aliphatic heterocycles. The van der Waals surface area contributed by atoms with Gasteiger partial charge in [-0.05, 0) is 49.9 Å². The van der Waals surface area contributed by atoms with E-state index in [1.54, 1.807) is 17.9 Å². The molecule has 3 rings (SSSR count). The predicted molar refractivity (Wildman–Crippen MR) is 114 cm³/mol. The van der Waals surface area contributed by atoms with Gasteiger partial charge in [0.05, 0.1) is 36.5 Å². The maximum atomic E-state index is 6.39. The first-order chi connectivity index (χ1) is 12.9. The highest BCUT2D eigenvalue weighted by molar-refractivity contribution is 8.74. The summed E-state index contributed by atoms with van der Waals surface area (Å²) < 4.78 is 24.0. The Bertz CT molecular complexity index is 759. The second-order valence-corrected chi connectivity index (χ2v) is 9.70. The molecule has 3 atom stereocenters. The Morgan fingerprint density at radius 1 is 1.15 bits per heavy atom. The molecule has 0 aliphatic carbocycles. The molecule has 1 aliphatic rings. The Hall–Kier alpha value is -0.920. The molecule has 1 saturated heterocycles. The second-order valence-electron chi connectivity index (χ2n) is 7.63. The van der Waals surface area contributed by atoms with E-state index in [1.165, 1.54) is 16.5 Å². The lowest BCUT2D eigenvalue weighted by atomic mass is 9.99. The summed E-state index contributed by atoms with van der Waals surface area (Å²) in [7, 11) is 3.30. The molecule has 0 N–H and O–H groups in total. The van der Waals surface area contributed by atoms with E-state index in [-0.39, 0.29) is 23.9 Å². The first kappa shape index (κ1) is 20.8. The fourth-order valence-corrected chi connectivity index (χ4v) is 4.17. The van der Waals surface area contributed by atoms with E-state index in [0.717, 1.165) is 23.1 Å². The van der Waals surface area contributed by atoms with Gasteiger partial charge in [-0.25, -0.2) is 0 Å². The summed E-state index contributed by atoms with van der Waals surface area (Å²) in [6.45, 7) is 6.67. The highest BCUT2D eigenvalue weighted by atomic mass is 33.1. The maximum Gasteiger partial charge on any atom is 0.125 e. The lowest BCUT2D eigenvalue weighted by Crippen LogP contribution is -2.32. The number of methoxy groups -OCH3 is 1. The quantitative estimate of drug-likeness (QED) is 0.425. The first-order valence-corrected chi connectivity index (χ1v) is 11.6. The Balaban J connectivity index is 1.84. The SMILES string of the molecule is COc1cc2ccccc2cc1[C@H]1CC(OSSC)[C@@H](COC(C)(C)C)O1. The lowest BCUT2D eigenvalue weighted by molar-refractivity contribution is -0.0841. The number of hydrogen-bond donors (Lipinski definition) is 0. The first-order valence-electron chi connectivity index (χ1n) is 9.13. The molecule has 27 heavy (non-hydrogen) atoms. The largest absolute Gasteiger partial charge is 0.496 e. The van der Waals surface area contributed by atoms with Crippen molar-refractivity contribution in [2.75, 3.05) is 20.0 Å². The third-order valence-electron chi connectivity index (χ3n) is 4.56. The minimum absolute atomic E-state index is 0.0222. The minimum atomic E-state index is -0.209. The molecule has 0 aromatic heterocycles. The zero-order valence-corrected chi connectivity index (χ0v) is 18.2. The van der Waals surface area contributed by atoms with Crippen LogP contribution in [0.15, 0.2) is 36.4 Å². The van der Waals surface area contributed by atoms with Crippen LogP contribution >= 0.6 is 21.9 Å². The molecule has 6 heteroatoms. The van der Waals surface area contributed by atoms with Gasteiger partial charge in [0.15, 0.2) is 0 Å². The van der Waals surface area contributed by atoms with Crippen molar-refractivity contribution in [3.05, 3.63) is 42.0 Å². The number of benzene rings is 2. The fraction of sp³-hybridized carbons (Fsp3) is 0.524. The van der Waals surface area contributed by atoms with Crippen molar-refractivity contribution in [2.24, 2.45) is 0 Å². The Morgan fingerprint density at radius 2 is 1.85 bits per heavy atom. The number of rotatable bonds is 7. The molecule has 4 nitrogen and oxygen atoms in total. The van der Waals surface area contributed by atoms with E-state index in [9.17, 15) is 0 Å².